The van der Waals surface area contributed by atoms with E-state index in [0.29, 0.717) is 11.1 Å². The van der Waals surface area contributed by atoms with Crippen molar-refractivity contribution in [3.8, 4) is 28.7 Å². The number of hydrogen-bond acceptors (Lipinski definition) is 23. The van der Waals surface area contributed by atoms with Gasteiger partial charge in [0.05, 0.1) is 78.7 Å². The fourth-order valence-electron chi connectivity index (χ4n) is 12.8. The molecular formula is C65H76N2O21. The summed E-state index contributed by atoms with van der Waals surface area (Å²) >= 11 is 0. The molecule has 10 rings (SSSR count). The third-order valence-corrected chi connectivity index (χ3v) is 17.1. The molecule has 0 radical (unpaired) electrons. The van der Waals surface area contributed by atoms with Crippen LogP contribution in [-0.2, 0) is 46.8 Å². The maximum absolute atomic E-state index is 14.7. The number of rotatable bonds is 12. The molecule has 23 nitrogen and oxygen atoms in total. The number of carbonyl (C=O) groups is 6. The highest BCUT2D eigenvalue weighted by molar-refractivity contribution is 6.32. The van der Waals surface area contributed by atoms with Gasteiger partial charge in [0, 0.05) is 84.0 Å². The number of methoxy groups -OCH3 is 2. The van der Waals surface area contributed by atoms with E-state index in [0.717, 1.165) is 0 Å². The van der Waals surface area contributed by atoms with Crippen molar-refractivity contribution in [3.05, 3.63) is 127 Å². The van der Waals surface area contributed by atoms with Gasteiger partial charge in [-0.25, -0.2) is 0 Å². The van der Waals surface area contributed by atoms with Crippen molar-refractivity contribution in [3.63, 3.8) is 0 Å². The lowest BCUT2D eigenvalue weighted by Gasteiger charge is -2.44. The van der Waals surface area contributed by atoms with E-state index in [1.165, 1.54) is 38.7 Å². The topological polar surface area (TPSA) is 381 Å². The second-order valence-electron chi connectivity index (χ2n) is 25.5. The van der Waals surface area contributed by atoms with Crippen molar-refractivity contribution in [1.82, 2.24) is 0 Å². The number of aliphatic hydroxyl groups excluding tert-OH is 4. The summed E-state index contributed by atoms with van der Waals surface area (Å²) < 4.78 is 41.3. The minimum atomic E-state index is -2.24. The van der Waals surface area contributed by atoms with Crippen LogP contribution in [0.1, 0.15) is 185 Å². The van der Waals surface area contributed by atoms with Crippen LogP contribution >= 0.6 is 0 Å². The number of aromatic hydroxyl groups is 2. The van der Waals surface area contributed by atoms with E-state index in [9.17, 15) is 69.6 Å². The molecule has 472 valence electrons. The molecule has 0 saturated carbocycles. The predicted octanol–water partition coefficient (Wildman–Crippen LogP) is 3.98. The number of benzene rings is 4. The molecule has 23 heteroatoms. The van der Waals surface area contributed by atoms with Crippen LogP contribution in [0, 0.1) is 5.41 Å². The first-order valence-corrected chi connectivity index (χ1v) is 28.9. The highest BCUT2D eigenvalue weighted by atomic mass is 16.7. The third kappa shape index (κ3) is 11.6. The molecule has 0 aromatic heterocycles. The van der Waals surface area contributed by atoms with Crippen LogP contribution < -0.4 is 25.7 Å². The van der Waals surface area contributed by atoms with E-state index in [1.807, 2.05) is 41.5 Å². The van der Waals surface area contributed by atoms with E-state index in [-0.39, 0.29) is 98.4 Å². The Bertz CT molecular complexity index is 3570. The van der Waals surface area contributed by atoms with E-state index < -0.39 is 161 Å². The number of Topliss-reactive ketones (excluding diaryl/α,β-unsaturated/α-hetero) is 2. The molecule has 8 unspecified atom stereocenters. The van der Waals surface area contributed by atoms with E-state index >= 15 is 0 Å². The van der Waals surface area contributed by atoms with E-state index in [1.54, 1.807) is 38.1 Å². The van der Waals surface area contributed by atoms with Crippen LogP contribution in [0.25, 0.3) is 0 Å². The summed E-state index contributed by atoms with van der Waals surface area (Å²) in [5, 5.41) is 86.0. The Hall–Kier alpha value is -7.06. The molecule has 2 aliphatic heterocycles. The fourth-order valence-corrected chi connectivity index (χ4v) is 12.8. The number of fused-ring (bicyclic) bond motifs is 6. The molecule has 6 aliphatic rings. The zero-order valence-electron chi connectivity index (χ0n) is 50.6. The number of allylic oxidation sites excluding steroid dienone is 1. The summed E-state index contributed by atoms with van der Waals surface area (Å²) in [6.07, 6.45) is -6.27. The van der Waals surface area contributed by atoms with Crippen LogP contribution in [0.15, 0.2) is 54.5 Å². The van der Waals surface area contributed by atoms with Crippen molar-refractivity contribution in [2.24, 2.45) is 16.9 Å². The maximum Gasteiger partial charge on any atom is 0.202 e. The number of phenolic OH excluding ortho intramolecular Hbond substituents is 2. The van der Waals surface area contributed by atoms with Gasteiger partial charge in [0.1, 0.15) is 59.4 Å². The molecule has 0 bridgehead atoms. The van der Waals surface area contributed by atoms with Gasteiger partial charge < -0.3 is 85.5 Å². The molecule has 4 aromatic carbocycles. The lowest BCUT2D eigenvalue weighted by molar-refractivity contribution is -0.247. The third-order valence-electron chi connectivity index (χ3n) is 17.1. The molecule has 0 amide bonds. The van der Waals surface area contributed by atoms with Gasteiger partial charge in [0.2, 0.25) is 5.78 Å². The molecule has 88 heavy (non-hydrogen) atoms. The lowest BCUT2D eigenvalue weighted by atomic mass is 9.65. The second kappa shape index (κ2) is 24.4. The van der Waals surface area contributed by atoms with Crippen LogP contribution in [0.2, 0.25) is 0 Å². The monoisotopic (exact) mass is 1220 g/mol. The molecule has 2 heterocycles. The van der Waals surface area contributed by atoms with Crippen molar-refractivity contribution >= 4 is 34.7 Å². The Morgan fingerprint density at radius 2 is 1.09 bits per heavy atom. The molecule has 4 aromatic rings. The Morgan fingerprint density at radius 3 is 1.53 bits per heavy atom. The number of ether oxygens (including phenoxy) is 7. The Kier molecular flexibility index (Phi) is 18.1. The minimum Gasteiger partial charge on any atom is -0.507 e. The first kappa shape index (κ1) is 65.4. The predicted molar refractivity (Wildman–Crippen MR) is 312 cm³/mol. The molecule has 0 spiro atoms. The maximum atomic E-state index is 14.7. The summed E-state index contributed by atoms with van der Waals surface area (Å²) in [6, 6.07) is 7.75. The molecule has 4 aliphatic carbocycles. The van der Waals surface area contributed by atoms with Crippen LogP contribution in [0.3, 0.4) is 0 Å². The van der Waals surface area contributed by atoms with Gasteiger partial charge in [-0.15, -0.1) is 0 Å². The van der Waals surface area contributed by atoms with Gasteiger partial charge in [-0.3, -0.25) is 28.8 Å². The Morgan fingerprint density at radius 1 is 0.648 bits per heavy atom. The number of aliphatic hydroxyl groups is 6. The van der Waals surface area contributed by atoms with Crippen LogP contribution in [-0.4, -0.2) is 163 Å². The number of hydrogen-bond donors (Lipinski definition) is 10. The van der Waals surface area contributed by atoms with Gasteiger partial charge in [-0.2, -0.15) is 0 Å². The van der Waals surface area contributed by atoms with Gasteiger partial charge >= 0.3 is 0 Å². The summed E-state index contributed by atoms with van der Waals surface area (Å²) in [4.78, 5) is 82.3. The SMILES string of the molecule is COc1cccc2c1C(=O)c1c(O)c3c(c(O)c1C2=O)C[C@@](O)(C(=O)CO)C[C@@H]3OC1CC(N)C(O)C(C)O1.COc1cccc2c1C(=O)c1c(c(OC=C=CC(C)(C)C)c3c(c1C(C)(C)C)[C@@H](OC1CC(N)C(O)C(C)O1)C[C@](O)(C(=O)CO)C3)C2=O. The molecule has 12 atom stereocenters. The van der Waals surface area contributed by atoms with Gasteiger partial charge in [0.15, 0.2) is 41.5 Å². The number of nitrogens with two attached hydrogens (primary N) is 2. The van der Waals surface area contributed by atoms with Crippen molar-refractivity contribution in [1.29, 1.82) is 0 Å². The zero-order valence-corrected chi connectivity index (χ0v) is 50.6. The smallest absolute Gasteiger partial charge is 0.202 e. The van der Waals surface area contributed by atoms with Crippen molar-refractivity contribution in [2.45, 2.75) is 172 Å². The van der Waals surface area contributed by atoms with Gasteiger partial charge in [-0.1, -0.05) is 71.5 Å². The molecule has 12 N–H and O–H groups in total. The quantitative estimate of drug-likeness (QED) is 0.0470. The number of ketones is 6. The van der Waals surface area contributed by atoms with Gasteiger partial charge in [-0.05, 0) is 54.0 Å². The highest BCUT2D eigenvalue weighted by Crippen LogP contribution is 2.55. The number of phenols is 2. The molecule has 2 saturated heterocycles. The summed E-state index contributed by atoms with van der Waals surface area (Å²) in [7, 11) is 2.75. The largest absolute Gasteiger partial charge is 0.507 e. The second-order valence-corrected chi connectivity index (χ2v) is 25.5. The molecular weight excluding hydrogens is 1140 g/mol. The van der Waals surface area contributed by atoms with E-state index in [2.05, 4.69) is 5.73 Å². The zero-order chi connectivity index (χ0) is 64.6. The Labute approximate surface area is 507 Å². The number of carbonyl (C=O) groups excluding carboxylic acids is 6. The molecule has 2 fully saturated rings. The minimum absolute atomic E-state index is 0.0173. The van der Waals surface area contributed by atoms with Crippen LogP contribution in [0.5, 0.6) is 28.7 Å². The Balaban J connectivity index is 0.000000215. The average molecular weight is 1220 g/mol. The standard InChI is InChI=1S/C38H47NO10.C27H29NO11/c1-19-32(42)22(39)15-26(48-19)49-24-17-38(45,25(41)18-40)16-21-27(24)31(37(5,6)7)29-30(35(21)47-14-10-13-36(2,3)4)33(43)20-11-9-12-23(46-8)28(20)34(29)44;1-10-22(31)13(28)6-17(38-10)39-15-8-27(36,16(30)9-29)7-12-19(15)26(35)21-20(24(12)33)23(32)11-4-3-5-14(37-2)18(11)25(21)34/h9,11-14,19,22,24,26,32,40,42,45H,15-18,39H2,1-8H3;3-5,10,13,15,17,22,29,31,33,35-36H,6-9,28H2,1-2H3/t10?,19?,22?,24-,26?,32?,38-;10?,13?,15-,17?,22?,27-/m00/s1. The summed E-state index contributed by atoms with van der Waals surface area (Å²) in [5.74, 6) is -5.36. The van der Waals surface area contributed by atoms with E-state index in [4.69, 9.17) is 44.6 Å². The highest BCUT2D eigenvalue weighted by Gasteiger charge is 2.53. The first-order chi connectivity index (χ1) is 41.3. The van der Waals surface area contributed by atoms with Crippen molar-refractivity contribution in [2.75, 3.05) is 27.4 Å². The summed E-state index contributed by atoms with van der Waals surface area (Å²) in [6.45, 7) is 12.9. The average Bonchev–Trinajstić information content (AvgIpc) is 0.741. The lowest BCUT2D eigenvalue weighted by Crippen LogP contribution is -2.53. The fraction of sp³-hybridized carbons (Fsp3) is 0.492. The van der Waals surface area contributed by atoms with Crippen molar-refractivity contribution < 1.29 is 103 Å². The first-order valence-electron chi connectivity index (χ1n) is 28.9. The summed E-state index contributed by atoms with van der Waals surface area (Å²) in [5.41, 5.74) is 9.95. The normalized spacial score (nSPS) is 28.0. The van der Waals surface area contributed by atoms with Crippen LogP contribution in [0.4, 0.5) is 0 Å². The van der Waals surface area contributed by atoms with Gasteiger partial charge in [0.25, 0.3) is 0 Å².